The van der Waals surface area contributed by atoms with E-state index in [0.29, 0.717) is 41.1 Å². The number of nitriles is 1. The molecule has 178 valence electrons. The van der Waals surface area contributed by atoms with Gasteiger partial charge in [-0.3, -0.25) is 0 Å². The topological polar surface area (TPSA) is 94.7 Å². The van der Waals surface area contributed by atoms with Crippen molar-refractivity contribution in [1.82, 2.24) is 15.0 Å². The zero-order chi connectivity index (χ0) is 25.1. The molecule has 0 amide bonds. The van der Waals surface area contributed by atoms with E-state index in [2.05, 4.69) is 26.3 Å². The molecule has 2 heterocycles. The second kappa shape index (κ2) is 8.07. The van der Waals surface area contributed by atoms with Gasteiger partial charge >= 0.3 is 5.92 Å². The highest BCUT2D eigenvalue weighted by Gasteiger charge is 2.49. The fraction of sp³-hybridized carbons (Fsp3) is 0.417. The number of halogens is 4. The lowest BCUT2D eigenvalue weighted by Gasteiger charge is -2.30. The molecule has 0 aliphatic heterocycles. The minimum Gasteiger partial charge on any atom is -0.384 e. The van der Waals surface area contributed by atoms with Crippen molar-refractivity contribution in [2.75, 3.05) is 5.32 Å². The highest BCUT2D eigenvalue weighted by molar-refractivity contribution is 6.30. The van der Waals surface area contributed by atoms with E-state index < -0.39 is 34.4 Å². The quantitative estimate of drug-likeness (QED) is 0.430. The van der Waals surface area contributed by atoms with Crippen molar-refractivity contribution >= 4 is 28.5 Å². The molecule has 1 aromatic carbocycles. The van der Waals surface area contributed by atoms with Gasteiger partial charge in [0.1, 0.15) is 28.2 Å². The number of hydrogen-bond donors (Lipinski definition) is 2. The monoisotopic (exact) mass is 489 g/mol. The molecule has 1 aliphatic rings. The summed E-state index contributed by atoms with van der Waals surface area (Å²) in [5.41, 5.74) is -3.20. The zero-order valence-electron chi connectivity index (χ0n) is 19.0. The Balaban J connectivity index is 1.77. The first-order valence-electron chi connectivity index (χ1n) is 10.7. The van der Waals surface area contributed by atoms with Crippen molar-refractivity contribution < 1.29 is 18.3 Å². The number of nitrogens with one attached hydrogen (secondary N) is 1. The van der Waals surface area contributed by atoms with Crippen LogP contribution in [0, 0.1) is 24.1 Å². The first-order chi connectivity index (χ1) is 15.8. The van der Waals surface area contributed by atoms with E-state index in [0.717, 1.165) is 19.9 Å². The summed E-state index contributed by atoms with van der Waals surface area (Å²) in [6, 6.07) is 6.89. The van der Waals surface area contributed by atoms with Crippen molar-refractivity contribution in [3.05, 3.63) is 57.8 Å². The van der Waals surface area contributed by atoms with E-state index in [1.54, 1.807) is 19.9 Å². The minimum absolute atomic E-state index is 0.0244. The summed E-state index contributed by atoms with van der Waals surface area (Å²) in [6.45, 7) is 5.12. The molecular formula is C24H23ClF3N5O. The number of aliphatic hydroxyl groups is 1. The summed E-state index contributed by atoms with van der Waals surface area (Å²) in [6.07, 6.45) is 1.32. The van der Waals surface area contributed by atoms with E-state index in [1.807, 2.05) is 0 Å². The summed E-state index contributed by atoms with van der Waals surface area (Å²) in [5.74, 6) is -4.24. The van der Waals surface area contributed by atoms with Gasteiger partial charge in [0.2, 0.25) is 0 Å². The van der Waals surface area contributed by atoms with Crippen LogP contribution in [0.25, 0.3) is 11.0 Å². The van der Waals surface area contributed by atoms with Crippen LogP contribution in [0.15, 0.2) is 24.3 Å². The highest BCUT2D eigenvalue weighted by Crippen LogP contribution is 2.50. The van der Waals surface area contributed by atoms with Crippen LogP contribution in [-0.4, -0.2) is 25.7 Å². The molecule has 0 saturated heterocycles. The first kappa shape index (κ1) is 24.2. The van der Waals surface area contributed by atoms with E-state index in [1.165, 1.54) is 12.1 Å². The Kier molecular flexibility index (Phi) is 5.74. The summed E-state index contributed by atoms with van der Waals surface area (Å²) < 4.78 is 44.7. The number of anilines is 1. The maximum Gasteiger partial charge on any atom is 0.303 e. The summed E-state index contributed by atoms with van der Waals surface area (Å²) in [7, 11) is 0. The molecule has 1 saturated carbocycles. The lowest BCUT2D eigenvalue weighted by Crippen LogP contribution is -2.41. The number of alkyl halides is 2. The van der Waals surface area contributed by atoms with Gasteiger partial charge in [0.05, 0.1) is 28.5 Å². The van der Waals surface area contributed by atoms with Gasteiger partial charge in [0, 0.05) is 11.1 Å². The molecule has 0 unspecified atom stereocenters. The van der Waals surface area contributed by atoms with Gasteiger partial charge in [0.25, 0.3) is 0 Å². The first-order valence-corrected chi connectivity index (χ1v) is 11.1. The van der Waals surface area contributed by atoms with Crippen LogP contribution in [0.1, 0.15) is 62.2 Å². The minimum atomic E-state index is -3.81. The van der Waals surface area contributed by atoms with E-state index in [9.17, 15) is 19.1 Å². The molecule has 34 heavy (non-hydrogen) atoms. The molecule has 4 rings (SSSR count). The maximum absolute atomic E-state index is 15.2. The van der Waals surface area contributed by atoms with Gasteiger partial charge in [-0.1, -0.05) is 23.7 Å². The Labute approximate surface area is 199 Å². The smallest absolute Gasteiger partial charge is 0.303 e. The van der Waals surface area contributed by atoms with Gasteiger partial charge in [-0.25, -0.2) is 19.3 Å². The lowest BCUT2D eigenvalue weighted by molar-refractivity contribution is -0.170. The normalized spacial score (nSPS) is 16.2. The molecule has 6 nitrogen and oxygen atoms in total. The van der Waals surface area contributed by atoms with E-state index >= 15 is 4.39 Å². The highest BCUT2D eigenvalue weighted by atomic mass is 35.5. The van der Waals surface area contributed by atoms with E-state index in [-0.39, 0.29) is 10.7 Å². The molecule has 0 bridgehead atoms. The van der Waals surface area contributed by atoms with Crippen LogP contribution >= 0.6 is 11.6 Å². The van der Waals surface area contributed by atoms with Crippen molar-refractivity contribution in [3.63, 3.8) is 0 Å². The van der Waals surface area contributed by atoms with Crippen LogP contribution in [0.5, 0.6) is 0 Å². The van der Waals surface area contributed by atoms with Gasteiger partial charge in [-0.15, -0.1) is 0 Å². The summed E-state index contributed by atoms with van der Waals surface area (Å²) >= 11 is 6.35. The third-order valence-electron chi connectivity index (χ3n) is 6.19. The van der Waals surface area contributed by atoms with Crippen molar-refractivity contribution in [2.45, 2.75) is 63.5 Å². The lowest BCUT2D eigenvalue weighted by atomic mass is 9.91. The molecule has 1 aliphatic carbocycles. The summed E-state index contributed by atoms with van der Waals surface area (Å²) in [4.78, 5) is 13.1. The van der Waals surface area contributed by atoms with Gasteiger partial charge in [0.15, 0.2) is 5.65 Å². The second-order valence-electron chi connectivity index (χ2n) is 9.22. The Morgan fingerprint density at radius 2 is 1.91 bits per heavy atom. The molecule has 2 N–H and O–H groups in total. The van der Waals surface area contributed by atoms with Crippen molar-refractivity contribution in [2.24, 2.45) is 0 Å². The zero-order valence-corrected chi connectivity index (χ0v) is 19.8. The number of rotatable bonds is 6. The third kappa shape index (κ3) is 3.95. The predicted molar refractivity (Wildman–Crippen MR) is 122 cm³/mol. The average Bonchev–Trinajstić information content (AvgIpc) is 3.53. The van der Waals surface area contributed by atoms with Crippen molar-refractivity contribution in [1.29, 1.82) is 5.26 Å². The molecule has 0 spiro atoms. The standard InChI is InChI=1S/C24H23ClF3N5O/c1-12(14-6-5-7-16(18(14)26)24(27,28)22(3,4)34)30-20-15-10-17(23(11-29)8-9-23)19(25)33-21(15)32-13(2)31-20/h5-7,10,12,34H,8-9H2,1-4H3,(H,30,31,32,33)/t12-/m1/s1. The fourth-order valence-corrected chi connectivity index (χ4v) is 4.21. The maximum atomic E-state index is 15.2. The number of nitrogens with zero attached hydrogens (tertiary/aromatic N) is 4. The van der Waals surface area contributed by atoms with Crippen LogP contribution in [0.3, 0.4) is 0 Å². The predicted octanol–water partition coefficient (Wildman–Crippen LogP) is 5.72. The fourth-order valence-electron chi connectivity index (χ4n) is 3.89. The Morgan fingerprint density at radius 3 is 2.50 bits per heavy atom. The van der Waals surface area contributed by atoms with Gasteiger partial charge in [-0.05, 0) is 52.7 Å². The average molecular weight is 490 g/mol. The van der Waals surface area contributed by atoms with Crippen molar-refractivity contribution in [3.8, 4) is 6.07 Å². The SMILES string of the molecule is Cc1nc(N[C@H](C)c2cccc(C(F)(F)C(C)(C)O)c2F)c2cc(C3(C#N)CC3)c(Cl)nc2n1. The summed E-state index contributed by atoms with van der Waals surface area (Å²) in [5, 5.41) is 23.2. The molecule has 1 fully saturated rings. The van der Waals surface area contributed by atoms with Crippen LogP contribution < -0.4 is 5.32 Å². The number of pyridine rings is 1. The van der Waals surface area contributed by atoms with Gasteiger partial charge in [-0.2, -0.15) is 14.0 Å². The molecule has 2 aromatic heterocycles. The molecular weight excluding hydrogens is 467 g/mol. The largest absolute Gasteiger partial charge is 0.384 e. The van der Waals surface area contributed by atoms with Crippen LogP contribution in [0.4, 0.5) is 19.0 Å². The number of benzene rings is 1. The number of fused-ring (bicyclic) bond motifs is 1. The van der Waals surface area contributed by atoms with Gasteiger partial charge < -0.3 is 10.4 Å². The second-order valence-corrected chi connectivity index (χ2v) is 9.58. The number of aromatic nitrogens is 3. The molecule has 1 atom stereocenters. The van der Waals surface area contributed by atoms with E-state index in [4.69, 9.17) is 11.6 Å². The molecule has 10 heteroatoms. The Hall–Kier alpha value is -2.96. The van der Waals surface area contributed by atoms with Crippen LogP contribution in [0.2, 0.25) is 5.15 Å². The third-order valence-corrected chi connectivity index (χ3v) is 6.47. The number of aryl methyl sites for hydroxylation is 1. The van der Waals surface area contributed by atoms with Crippen LogP contribution in [-0.2, 0) is 11.3 Å². The Bertz CT molecular complexity index is 1330. The molecule has 0 radical (unpaired) electrons. The Morgan fingerprint density at radius 1 is 1.24 bits per heavy atom. The number of hydrogen-bond acceptors (Lipinski definition) is 6. The molecule has 3 aromatic rings.